The summed E-state index contributed by atoms with van der Waals surface area (Å²) in [6.07, 6.45) is 2.91. The van der Waals surface area contributed by atoms with E-state index in [1.165, 1.54) is 5.56 Å². The molecule has 0 aromatic carbocycles. The summed E-state index contributed by atoms with van der Waals surface area (Å²) in [4.78, 5) is 4.36. The highest BCUT2D eigenvalue weighted by molar-refractivity contribution is 7.98. The second-order valence-electron chi connectivity index (χ2n) is 3.81. The van der Waals surface area contributed by atoms with Gasteiger partial charge >= 0.3 is 0 Å². The monoisotopic (exact) mass is 269 g/mol. The van der Waals surface area contributed by atoms with Crippen LogP contribution < -0.4 is 5.73 Å². The molecule has 1 unspecified atom stereocenters. The van der Waals surface area contributed by atoms with Gasteiger partial charge in [-0.3, -0.25) is 0 Å². The number of thioether (sulfide) groups is 1. The Bertz CT molecular complexity index is 481. The Labute approximate surface area is 109 Å². The number of hydrogen-bond acceptors (Lipinski definition) is 6. The number of thiophene rings is 1. The molecule has 0 saturated heterocycles. The van der Waals surface area contributed by atoms with E-state index in [1.54, 1.807) is 23.1 Å². The summed E-state index contributed by atoms with van der Waals surface area (Å²) in [5.41, 5.74) is 8.18. The van der Waals surface area contributed by atoms with Crippen LogP contribution in [-0.2, 0) is 0 Å². The maximum absolute atomic E-state index is 5.98. The molecule has 2 heterocycles. The van der Waals surface area contributed by atoms with E-state index in [0.717, 1.165) is 17.7 Å². The van der Waals surface area contributed by atoms with E-state index >= 15 is 0 Å². The first-order chi connectivity index (χ1) is 8.22. The quantitative estimate of drug-likeness (QED) is 0.904. The number of nitrogens with two attached hydrogens (primary N) is 1. The molecule has 0 aliphatic heterocycles. The van der Waals surface area contributed by atoms with Gasteiger partial charge in [0.25, 0.3) is 0 Å². The number of aryl methyl sites for hydroxylation is 1. The Kier molecular flexibility index (Phi) is 4.20. The summed E-state index contributed by atoms with van der Waals surface area (Å²) >= 11 is 3.40. The van der Waals surface area contributed by atoms with Crippen molar-refractivity contribution in [2.75, 3.05) is 12.0 Å². The maximum atomic E-state index is 5.98. The van der Waals surface area contributed by atoms with Gasteiger partial charge in [-0.15, -0.1) is 0 Å². The molecule has 17 heavy (non-hydrogen) atoms. The molecule has 2 aromatic rings. The lowest BCUT2D eigenvalue weighted by Gasteiger charge is -2.03. The van der Waals surface area contributed by atoms with Crippen molar-refractivity contribution in [2.24, 2.45) is 5.73 Å². The molecule has 0 radical (unpaired) electrons. The minimum absolute atomic E-state index is 0.164. The summed E-state index contributed by atoms with van der Waals surface area (Å²) in [7, 11) is 0. The third-order valence-corrected chi connectivity index (χ3v) is 3.99. The van der Waals surface area contributed by atoms with Crippen molar-refractivity contribution in [1.29, 1.82) is 0 Å². The van der Waals surface area contributed by atoms with E-state index in [9.17, 15) is 0 Å². The Morgan fingerprint density at radius 1 is 1.53 bits per heavy atom. The Hall–Kier alpha value is -0.850. The highest BCUT2D eigenvalue weighted by atomic mass is 32.2. The smallest absolute Gasteiger partial charge is 0.243 e. The van der Waals surface area contributed by atoms with Crippen molar-refractivity contribution in [3.8, 4) is 11.4 Å². The number of rotatable bonds is 5. The third-order valence-electron chi connectivity index (χ3n) is 2.49. The summed E-state index contributed by atoms with van der Waals surface area (Å²) in [6, 6.07) is -0.164. The molecule has 4 nitrogen and oxygen atoms in total. The number of nitrogens with zero attached hydrogens (tertiary/aromatic N) is 2. The van der Waals surface area contributed by atoms with Gasteiger partial charge in [0, 0.05) is 10.9 Å². The summed E-state index contributed by atoms with van der Waals surface area (Å²) in [6.45, 7) is 2.04. The second kappa shape index (κ2) is 5.66. The minimum Gasteiger partial charge on any atom is -0.337 e. The highest BCUT2D eigenvalue weighted by Gasteiger charge is 2.16. The minimum atomic E-state index is -0.164. The maximum Gasteiger partial charge on any atom is 0.243 e. The lowest BCUT2D eigenvalue weighted by Crippen LogP contribution is -2.11. The van der Waals surface area contributed by atoms with Crippen LogP contribution in [0.25, 0.3) is 11.4 Å². The molecule has 0 amide bonds. The lowest BCUT2D eigenvalue weighted by atomic mass is 10.2. The van der Waals surface area contributed by atoms with E-state index in [2.05, 4.69) is 21.8 Å². The summed E-state index contributed by atoms with van der Waals surface area (Å²) < 4.78 is 5.21. The lowest BCUT2D eigenvalue weighted by molar-refractivity contribution is 0.353. The number of aromatic nitrogens is 2. The summed E-state index contributed by atoms with van der Waals surface area (Å²) in [5, 5.41) is 8.08. The van der Waals surface area contributed by atoms with Gasteiger partial charge in [-0.2, -0.15) is 28.1 Å². The average Bonchev–Trinajstić information content (AvgIpc) is 2.93. The normalized spacial score (nSPS) is 12.9. The first-order valence-corrected chi connectivity index (χ1v) is 7.67. The molecule has 1 atom stereocenters. The molecule has 92 valence electrons. The molecule has 0 saturated carbocycles. The van der Waals surface area contributed by atoms with Crippen LogP contribution in [0.3, 0.4) is 0 Å². The molecule has 2 aromatic heterocycles. The van der Waals surface area contributed by atoms with Crippen LogP contribution >= 0.6 is 23.1 Å². The van der Waals surface area contributed by atoms with Crippen LogP contribution in [0.4, 0.5) is 0 Å². The molecular formula is C11H15N3OS2. The van der Waals surface area contributed by atoms with Gasteiger partial charge in [-0.25, -0.2) is 0 Å². The van der Waals surface area contributed by atoms with Gasteiger partial charge in [0.15, 0.2) is 0 Å². The van der Waals surface area contributed by atoms with E-state index in [-0.39, 0.29) is 6.04 Å². The van der Waals surface area contributed by atoms with Gasteiger partial charge in [0.2, 0.25) is 11.7 Å². The second-order valence-corrected chi connectivity index (χ2v) is 5.54. The zero-order valence-corrected chi connectivity index (χ0v) is 11.5. The Morgan fingerprint density at radius 2 is 2.35 bits per heavy atom. The molecule has 0 aliphatic rings. The highest BCUT2D eigenvalue weighted by Crippen LogP contribution is 2.25. The van der Waals surface area contributed by atoms with Gasteiger partial charge in [0.1, 0.15) is 0 Å². The molecular weight excluding hydrogens is 254 g/mol. The van der Waals surface area contributed by atoms with Crippen LogP contribution in [0.5, 0.6) is 0 Å². The van der Waals surface area contributed by atoms with Crippen molar-refractivity contribution in [1.82, 2.24) is 10.1 Å². The van der Waals surface area contributed by atoms with Crippen molar-refractivity contribution >= 4 is 23.1 Å². The molecule has 0 aliphatic carbocycles. The van der Waals surface area contributed by atoms with E-state index in [4.69, 9.17) is 10.3 Å². The van der Waals surface area contributed by atoms with Crippen molar-refractivity contribution < 1.29 is 4.52 Å². The van der Waals surface area contributed by atoms with E-state index in [1.807, 2.05) is 12.3 Å². The topological polar surface area (TPSA) is 64.9 Å². The number of hydrogen-bond donors (Lipinski definition) is 1. The van der Waals surface area contributed by atoms with Crippen LogP contribution in [0.15, 0.2) is 15.3 Å². The van der Waals surface area contributed by atoms with Gasteiger partial charge in [-0.1, -0.05) is 5.16 Å². The average molecular weight is 269 g/mol. The first-order valence-electron chi connectivity index (χ1n) is 5.33. The van der Waals surface area contributed by atoms with Gasteiger partial charge in [-0.05, 0) is 36.3 Å². The SMILES string of the molecule is CSCCC(N)c1nc(-c2cscc2C)no1. The standard InChI is InChI=1S/C11H15N3OS2/c1-7-5-17-6-8(7)10-13-11(15-14-10)9(12)3-4-16-2/h5-6,9H,3-4,12H2,1-2H3. The molecule has 0 fully saturated rings. The Morgan fingerprint density at radius 3 is 3.00 bits per heavy atom. The molecule has 2 N–H and O–H groups in total. The largest absolute Gasteiger partial charge is 0.337 e. The van der Waals surface area contributed by atoms with Crippen molar-refractivity contribution in [3.05, 3.63) is 22.2 Å². The van der Waals surface area contributed by atoms with Crippen LogP contribution in [0.2, 0.25) is 0 Å². The van der Waals surface area contributed by atoms with Crippen molar-refractivity contribution in [3.63, 3.8) is 0 Å². The fourth-order valence-electron chi connectivity index (χ4n) is 1.45. The van der Waals surface area contributed by atoms with Gasteiger partial charge in [0.05, 0.1) is 6.04 Å². The first kappa shape index (κ1) is 12.6. The third kappa shape index (κ3) is 2.88. The van der Waals surface area contributed by atoms with Crippen LogP contribution in [-0.4, -0.2) is 22.1 Å². The molecule has 0 bridgehead atoms. The van der Waals surface area contributed by atoms with Gasteiger partial charge < -0.3 is 10.3 Å². The fraction of sp³-hybridized carbons (Fsp3) is 0.455. The molecule has 2 rings (SSSR count). The van der Waals surface area contributed by atoms with Crippen LogP contribution in [0, 0.1) is 6.92 Å². The van der Waals surface area contributed by atoms with Crippen molar-refractivity contribution in [2.45, 2.75) is 19.4 Å². The molecule has 0 spiro atoms. The zero-order chi connectivity index (χ0) is 12.3. The van der Waals surface area contributed by atoms with Crippen LogP contribution in [0.1, 0.15) is 23.9 Å². The van der Waals surface area contributed by atoms with E-state index in [0.29, 0.717) is 11.7 Å². The fourth-order valence-corrected chi connectivity index (χ4v) is 2.77. The predicted molar refractivity (Wildman–Crippen MR) is 72.3 cm³/mol. The Balaban J connectivity index is 2.13. The predicted octanol–water partition coefficient (Wildman–Crippen LogP) is 2.86. The van der Waals surface area contributed by atoms with E-state index < -0.39 is 0 Å². The summed E-state index contributed by atoms with van der Waals surface area (Å²) in [5.74, 6) is 2.16. The zero-order valence-electron chi connectivity index (χ0n) is 9.84. The molecule has 6 heteroatoms.